The van der Waals surface area contributed by atoms with E-state index < -0.39 is 15.9 Å². The van der Waals surface area contributed by atoms with E-state index in [4.69, 9.17) is 0 Å². The van der Waals surface area contributed by atoms with E-state index in [1.807, 2.05) is 13.8 Å². The number of aryl methyl sites for hydroxylation is 2. The number of nitrogens with one attached hydrogen (secondary N) is 2. The summed E-state index contributed by atoms with van der Waals surface area (Å²) in [5.74, 6) is -0.466. The van der Waals surface area contributed by atoms with Crippen LogP contribution in [0.1, 0.15) is 27.0 Å². The lowest BCUT2D eigenvalue weighted by atomic mass is 10.2. The SMILES string of the molecule is CCc1sc(C(=O)NNS(=O)(=O)c2cccc(Br)c2)cc1C. The third-order valence-electron chi connectivity index (χ3n) is 2.97. The van der Waals surface area contributed by atoms with E-state index in [0.717, 1.165) is 16.9 Å². The van der Waals surface area contributed by atoms with Gasteiger partial charge in [0.05, 0.1) is 9.77 Å². The maximum atomic E-state index is 12.1. The molecule has 0 atom stereocenters. The Morgan fingerprint density at radius 1 is 1.32 bits per heavy atom. The molecule has 0 aliphatic rings. The lowest BCUT2D eigenvalue weighted by Gasteiger charge is -2.07. The molecule has 2 rings (SSSR count). The van der Waals surface area contributed by atoms with Crippen LogP contribution in [0.4, 0.5) is 0 Å². The zero-order chi connectivity index (χ0) is 16.3. The van der Waals surface area contributed by atoms with Crippen molar-refractivity contribution in [1.29, 1.82) is 0 Å². The third-order valence-corrected chi connectivity index (χ3v) is 6.09. The van der Waals surface area contributed by atoms with Crippen molar-refractivity contribution in [3.05, 3.63) is 50.1 Å². The first-order valence-electron chi connectivity index (χ1n) is 6.50. The summed E-state index contributed by atoms with van der Waals surface area (Å²) in [5.41, 5.74) is 3.27. The van der Waals surface area contributed by atoms with Gasteiger partial charge in [-0.2, -0.15) is 0 Å². The van der Waals surface area contributed by atoms with E-state index in [-0.39, 0.29) is 4.90 Å². The molecule has 2 aromatic rings. The summed E-state index contributed by atoms with van der Waals surface area (Å²) in [5, 5.41) is 0. The van der Waals surface area contributed by atoms with Crippen LogP contribution in [0.5, 0.6) is 0 Å². The van der Waals surface area contributed by atoms with Gasteiger partial charge in [-0.3, -0.25) is 10.2 Å². The summed E-state index contributed by atoms with van der Waals surface area (Å²) in [4.78, 5) is 15.8. The lowest BCUT2D eigenvalue weighted by molar-refractivity contribution is 0.0949. The molecular weight excluding hydrogens is 388 g/mol. The summed E-state index contributed by atoms with van der Waals surface area (Å²) in [6, 6.07) is 7.99. The van der Waals surface area contributed by atoms with Crippen molar-refractivity contribution in [3.8, 4) is 0 Å². The van der Waals surface area contributed by atoms with Crippen molar-refractivity contribution in [2.75, 3.05) is 0 Å². The Bertz CT molecular complexity index is 800. The highest BCUT2D eigenvalue weighted by Gasteiger charge is 2.17. The van der Waals surface area contributed by atoms with Crippen LogP contribution in [0.15, 0.2) is 39.7 Å². The third kappa shape index (κ3) is 3.95. The molecule has 0 bridgehead atoms. The smallest absolute Gasteiger partial charge is 0.273 e. The quantitative estimate of drug-likeness (QED) is 0.754. The predicted molar refractivity (Wildman–Crippen MR) is 90.4 cm³/mol. The van der Waals surface area contributed by atoms with E-state index in [2.05, 4.69) is 26.2 Å². The van der Waals surface area contributed by atoms with Crippen LogP contribution in [-0.2, 0) is 16.4 Å². The summed E-state index contributed by atoms with van der Waals surface area (Å²) < 4.78 is 24.9. The molecule has 0 aliphatic heterocycles. The molecule has 1 aromatic carbocycles. The topological polar surface area (TPSA) is 75.3 Å². The first-order valence-corrected chi connectivity index (χ1v) is 9.59. The van der Waals surface area contributed by atoms with Crippen molar-refractivity contribution in [2.45, 2.75) is 25.2 Å². The van der Waals surface area contributed by atoms with Gasteiger partial charge in [0.15, 0.2) is 0 Å². The first kappa shape index (κ1) is 17.1. The van der Waals surface area contributed by atoms with Gasteiger partial charge in [0.2, 0.25) is 0 Å². The summed E-state index contributed by atoms with van der Waals surface area (Å²) >= 11 is 4.57. The second kappa shape index (κ2) is 6.91. The highest BCUT2D eigenvalue weighted by Crippen LogP contribution is 2.22. The van der Waals surface area contributed by atoms with Crippen molar-refractivity contribution in [1.82, 2.24) is 10.3 Å². The highest BCUT2D eigenvalue weighted by molar-refractivity contribution is 9.10. The van der Waals surface area contributed by atoms with Crippen LogP contribution >= 0.6 is 27.3 Å². The molecule has 1 aromatic heterocycles. The minimum Gasteiger partial charge on any atom is -0.273 e. The average Bonchev–Trinajstić information content (AvgIpc) is 2.86. The Morgan fingerprint density at radius 3 is 2.64 bits per heavy atom. The van der Waals surface area contributed by atoms with Gasteiger partial charge in [-0.25, -0.2) is 8.42 Å². The second-order valence-corrected chi connectivity index (χ2v) is 8.32. The van der Waals surface area contributed by atoms with Gasteiger partial charge in [-0.15, -0.1) is 16.2 Å². The van der Waals surface area contributed by atoms with Crippen molar-refractivity contribution >= 4 is 43.2 Å². The fraction of sp³-hybridized carbons (Fsp3) is 0.214. The monoisotopic (exact) mass is 402 g/mol. The summed E-state index contributed by atoms with van der Waals surface area (Å²) in [7, 11) is -3.80. The van der Waals surface area contributed by atoms with E-state index in [0.29, 0.717) is 9.35 Å². The lowest BCUT2D eigenvalue weighted by Crippen LogP contribution is -2.41. The molecular formula is C14H15BrN2O3S2. The van der Waals surface area contributed by atoms with Gasteiger partial charge >= 0.3 is 0 Å². The van der Waals surface area contributed by atoms with Crippen molar-refractivity contribution in [2.24, 2.45) is 0 Å². The maximum absolute atomic E-state index is 12.1. The van der Waals surface area contributed by atoms with Gasteiger partial charge in [-0.1, -0.05) is 28.9 Å². The number of carbonyl (C=O) groups excluding carboxylic acids is 1. The van der Waals surface area contributed by atoms with Gasteiger partial charge in [0, 0.05) is 9.35 Å². The predicted octanol–water partition coefficient (Wildman–Crippen LogP) is 3.00. The molecule has 0 fully saturated rings. The van der Waals surface area contributed by atoms with Crippen LogP contribution < -0.4 is 10.3 Å². The fourth-order valence-corrected chi connectivity index (χ4v) is 4.30. The molecule has 0 radical (unpaired) electrons. The molecule has 118 valence electrons. The van der Waals surface area contributed by atoms with E-state index in [9.17, 15) is 13.2 Å². The minimum atomic E-state index is -3.80. The van der Waals surface area contributed by atoms with Gasteiger partial charge in [0.25, 0.3) is 15.9 Å². The van der Waals surface area contributed by atoms with E-state index in [1.54, 1.807) is 18.2 Å². The normalized spacial score (nSPS) is 11.4. The Hall–Kier alpha value is -1.22. The number of thiophene rings is 1. The first-order chi connectivity index (χ1) is 10.3. The molecule has 22 heavy (non-hydrogen) atoms. The number of rotatable bonds is 5. The molecule has 0 unspecified atom stereocenters. The molecule has 5 nitrogen and oxygen atoms in total. The number of hydrogen-bond acceptors (Lipinski definition) is 4. The van der Waals surface area contributed by atoms with Crippen molar-refractivity contribution in [3.63, 3.8) is 0 Å². The zero-order valence-electron chi connectivity index (χ0n) is 12.0. The molecule has 8 heteroatoms. The standard InChI is InChI=1S/C14H15BrN2O3S2/c1-3-12-9(2)7-13(21-12)14(18)16-17-22(19,20)11-6-4-5-10(15)8-11/h4-8,17H,3H2,1-2H3,(H,16,18). The van der Waals surface area contributed by atoms with Gasteiger partial charge in [0.1, 0.15) is 0 Å². The number of sulfonamides is 1. The molecule has 0 aliphatic carbocycles. The molecule has 0 saturated carbocycles. The van der Waals surface area contributed by atoms with Crippen LogP contribution in [0.25, 0.3) is 0 Å². The van der Waals surface area contributed by atoms with Crippen LogP contribution in [0.3, 0.4) is 0 Å². The molecule has 1 heterocycles. The summed E-state index contributed by atoms with van der Waals surface area (Å²) in [6.45, 7) is 3.94. The molecule has 1 amide bonds. The Morgan fingerprint density at radius 2 is 2.05 bits per heavy atom. The number of halogens is 1. The zero-order valence-corrected chi connectivity index (χ0v) is 15.2. The van der Waals surface area contributed by atoms with E-state index in [1.165, 1.54) is 23.5 Å². The van der Waals surface area contributed by atoms with Gasteiger partial charge < -0.3 is 0 Å². The number of benzene rings is 1. The van der Waals surface area contributed by atoms with Crippen LogP contribution in [0.2, 0.25) is 0 Å². The Kier molecular flexibility index (Phi) is 5.38. The minimum absolute atomic E-state index is 0.0683. The van der Waals surface area contributed by atoms with Crippen LogP contribution in [-0.4, -0.2) is 14.3 Å². The number of hydrogen-bond donors (Lipinski definition) is 2. The van der Waals surface area contributed by atoms with Crippen LogP contribution in [0, 0.1) is 6.92 Å². The van der Waals surface area contributed by atoms with Gasteiger partial charge in [-0.05, 0) is 43.2 Å². The average molecular weight is 403 g/mol. The summed E-state index contributed by atoms with van der Waals surface area (Å²) in [6.07, 6.45) is 0.841. The molecule has 2 N–H and O–H groups in total. The molecule has 0 spiro atoms. The number of amides is 1. The molecule has 0 saturated heterocycles. The number of carbonyl (C=O) groups is 1. The van der Waals surface area contributed by atoms with Crippen molar-refractivity contribution < 1.29 is 13.2 Å². The Labute approximate surface area is 141 Å². The second-order valence-electron chi connectivity index (χ2n) is 4.59. The largest absolute Gasteiger partial charge is 0.276 e. The van der Waals surface area contributed by atoms with E-state index >= 15 is 0 Å². The Balaban J connectivity index is 2.09. The highest BCUT2D eigenvalue weighted by atomic mass is 79.9. The fourth-order valence-electron chi connectivity index (χ4n) is 1.85. The number of hydrazine groups is 1. The maximum Gasteiger partial charge on any atom is 0.276 e.